The Morgan fingerprint density at radius 2 is 0.750 bits per heavy atom. The molecule has 0 saturated heterocycles. The second kappa shape index (κ2) is 16.1. The Bertz CT molecular complexity index is 2940. The summed E-state index contributed by atoms with van der Waals surface area (Å²) >= 11 is 0. The second-order valence-electron chi connectivity index (χ2n) is 13.8. The van der Waals surface area contributed by atoms with Crippen molar-refractivity contribution in [1.82, 2.24) is 0 Å². The topological polar surface area (TPSA) is 259 Å². The van der Waals surface area contributed by atoms with E-state index in [1.165, 1.54) is 24.3 Å². The fourth-order valence-corrected chi connectivity index (χ4v) is 8.86. The summed E-state index contributed by atoms with van der Waals surface area (Å²) in [5, 5.41) is 6.03. The monoisotopic (exact) mass is 858 g/mol. The van der Waals surface area contributed by atoms with Crippen LogP contribution in [-0.4, -0.2) is 49.1 Å². The molecule has 0 amide bonds. The molecule has 60 heavy (non-hydrogen) atoms. The normalized spacial score (nSPS) is 12.9. The summed E-state index contributed by atoms with van der Waals surface area (Å²) in [5.41, 5.74) is 13.5. The molecule has 6 aromatic carbocycles. The fraction of sp³-hybridized carbons (Fsp3) is 0.0476. The van der Waals surface area contributed by atoms with Crippen LogP contribution in [0, 0.1) is 13.8 Å². The minimum Gasteiger partial charge on any atom is -0.744 e. The van der Waals surface area contributed by atoms with Gasteiger partial charge in [-0.1, -0.05) is 60.7 Å². The molecule has 0 heterocycles. The molecule has 0 atom stereocenters. The number of nitrogen functional groups attached to an aromatic ring is 2. The molecule has 0 radical (unpaired) electrons. The number of ketones is 4. The number of aryl methyl sites for hydroxylation is 2. The van der Waals surface area contributed by atoms with E-state index >= 15 is 0 Å². The van der Waals surface area contributed by atoms with E-state index in [1.807, 2.05) is 0 Å². The van der Waals surface area contributed by atoms with E-state index in [0.717, 1.165) is 23.3 Å². The molecule has 6 N–H and O–H groups in total. The number of carbonyl (C=O) groups is 4. The Balaban J connectivity index is 0.00000302. The summed E-state index contributed by atoms with van der Waals surface area (Å²) < 4.78 is 73.6. The third-order valence-corrected chi connectivity index (χ3v) is 12.0. The van der Waals surface area contributed by atoms with Crippen molar-refractivity contribution in [3.05, 3.63) is 153 Å². The van der Waals surface area contributed by atoms with Gasteiger partial charge in [0, 0.05) is 33.6 Å². The summed E-state index contributed by atoms with van der Waals surface area (Å²) in [5.74, 6) is -2.57. The van der Waals surface area contributed by atoms with Gasteiger partial charge in [0.2, 0.25) is 0 Å². The van der Waals surface area contributed by atoms with Gasteiger partial charge in [-0.3, -0.25) is 19.2 Å². The van der Waals surface area contributed by atoms with Crippen molar-refractivity contribution in [2.45, 2.75) is 23.6 Å². The van der Waals surface area contributed by atoms with Crippen molar-refractivity contribution in [2.75, 3.05) is 22.1 Å². The van der Waals surface area contributed by atoms with Gasteiger partial charge in [-0.2, -0.15) is 0 Å². The number of rotatable bonds is 7. The van der Waals surface area contributed by atoms with Crippen LogP contribution in [0.25, 0.3) is 11.1 Å². The first kappa shape index (κ1) is 44.6. The molecule has 290 valence electrons. The third kappa shape index (κ3) is 7.42. The van der Waals surface area contributed by atoms with Gasteiger partial charge in [-0.25, -0.2) is 16.8 Å². The first-order valence-corrected chi connectivity index (χ1v) is 20.2. The smallest absolute Gasteiger partial charge is 0.744 e. The molecule has 14 nitrogen and oxygen atoms in total. The van der Waals surface area contributed by atoms with Gasteiger partial charge in [-0.05, 0) is 72.5 Å². The zero-order valence-corrected chi connectivity index (χ0v) is 37.9. The fourth-order valence-electron chi connectivity index (χ4n) is 7.60. The second-order valence-corrected chi connectivity index (χ2v) is 16.5. The van der Waals surface area contributed by atoms with E-state index in [4.69, 9.17) is 11.5 Å². The molecule has 0 aliphatic heterocycles. The number of fused-ring (bicyclic) bond motifs is 4. The Hall–Kier alpha value is -4.98. The molecule has 6 aromatic rings. The van der Waals surface area contributed by atoms with E-state index in [9.17, 15) is 45.1 Å². The van der Waals surface area contributed by atoms with Crippen LogP contribution in [0.15, 0.2) is 107 Å². The first-order valence-electron chi connectivity index (χ1n) is 17.3. The molecule has 0 spiro atoms. The first-order chi connectivity index (χ1) is 27.4. The molecular weight excluding hydrogens is 831 g/mol. The Morgan fingerprint density at radius 3 is 1.03 bits per heavy atom. The van der Waals surface area contributed by atoms with Gasteiger partial charge in [0.1, 0.15) is 20.2 Å². The molecular formula is C42H28N4Na2O10S2. The van der Waals surface area contributed by atoms with E-state index in [0.29, 0.717) is 22.5 Å². The van der Waals surface area contributed by atoms with Gasteiger partial charge in [-0.15, -0.1) is 0 Å². The molecule has 0 saturated carbocycles. The summed E-state index contributed by atoms with van der Waals surface area (Å²) in [4.78, 5) is 52.9. The summed E-state index contributed by atoms with van der Waals surface area (Å²) in [6.07, 6.45) is 0. The van der Waals surface area contributed by atoms with Crippen LogP contribution in [0.4, 0.5) is 34.1 Å². The Kier molecular flexibility index (Phi) is 12.0. The van der Waals surface area contributed by atoms with Crippen molar-refractivity contribution in [2.24, 2.45) is 0 Å². The maximum absolute atomic E-state index is 13.7. The molecule has 18 heteroatoms. The average Bonchev–Trinajstić information content (AvgIpc) is 3.16. The van der Waals surface area contributed by atoms with Gasteiger partial charge in [0.25, 0.3) is 0 Å². The van der Waals surface area contributed by atoms with E-state index in [-0.39, 0.29) is 115 Å². The van der Waals surface area contributed by atoms with Crippen molar-refractivity contribution >= 4 is 77.5 Å². The predicted octanol–water partition coefficient (Wildman–Crippen LogP) is -0.0110. The van der Waals surface area contributed by atoms with Crippen LogP contribution >= 0.6 is 0 Å². The Morgan fingerprint density at radius 1 is 0.450 bits per heavy atom. The van der Waals surface area contributed by atoms with E-state index in [1.54, 1.807) is 74.5 Å². The SMILES string of the molecule is Cc1cc(Nc2cc(S(=O)(=O)[O-])c(N)c3c2C(=O)c2ccccc2C3=O)ccc1-c1ccc(Nc2cc(S(=O)(=O)[O-])c(N)c3c2C(=O)c2ccccc2C3=O)cc1C.[Na+].[Na+]. The molecule has 8 rings (SSSR count). The van der Waals surface area contributed by atoms with Crippen molar-refractivity contribution in [3.63, 3.8) is 0 Å². The summed E-state index contributed by atoms with van der Waals surface area (Å²) in [6, 6.07) is 24.2. The van der Waals surface area contributed by atoms with Crippen molar-refractivity contribution in [1.29, 1.82) is 0 Å². The number of benzene rings is 6. The molecule has 2 aliphatic rings. The van der Waals surface area contributed by atoms with Crippen LogP contribution in [0.2, 0.25) is 0 Å². The maximum Gasteiger partial charge on any atom is 1.00 e. The van der Waals surface area contributed by atoms with Crippen molar-refractivity contribution in [3.8, 4) is 11.1 Å². The largest absolute Gasteiger partial charge is 1.00 e. The average molecular weight is 859 g/mol. The minimum absolute atomic E-state index is 0. The van der Waals surface area contributed by atoms with Crippen LogP contribution in [0.1, 0.15) is 74.8 Å². The third-order valence-electron chi connectivity index (χ3n) is 10.2. The van der Waals surface area contributed by atoms with Crippen molar-refractivity contribution < 1.29 is 104 Å². The van der Waals surface area contributed by atoms with Crippen LogP contribution in [-0.2, 0) is 20.2 Å². The summed E-state index contributed by atoms with van der Waals surface area (Å²) in [6.45, 7) is 3.60. The zero-order valence-electron chi connectivity index (χ0n) is 32.3. The van der Waals surface area contributed by atoms with Crippen LogP contribution in [0.5, 0.6) is 0 Å². The Labute approximate surface area is 387 Å². The zero-order chi connectivity index (χ0) is 41.6. The molecule has 0 bridgehead atoms. The standard InChI is InChI=1S/C42H30N4O10S2.2Na/c1-19-15-21(45-29-17-31(57(51,52)53)37(43)35-33(29)39(47)25-7-3-5-9-27(25)41(35)49)11-13-23(19)24-14-12-22(16-20(24)2)46-30-18-32(58(54,55)56)38(44)36-34(30)40(48)26-8-4-6-10-28(26)42(36)50;;/h3-18,45-46H,43-44H2,1-2H3,(H,51,52,53)(H,54,55,56);;/q;2*+1/p-2. The van der Waals surface area contributed by atoms with Gasteiger partial charge < -0.3 is 31.2 Å². The number of anilines is 6. The van der Waals surface area contributed by atoms with Crippen LogP contribution < -0.4 is 81.2 Å². The van der Waals surface area contributed by atoms with Gasteiger partial charge >= 0.3 is 59.1 Å². The van der Waals surface area contributed by atoms with Gasteiger partial charge in [0.15, 0.2) is 23.1 Å². The maximum atomic E-state index is 13.7. The number of nitrogens with one attached hydrogen (secondary N) is 2. The number of nitrogens with two attached hydrogens (primary N) is 2. The molecule has 0 unspecified atom stereocenters. The van der Waals surface area contributed by atoms with Crippen LogP contribution in [0.3, 0.4) is 0 Å². The molecule has 0 fully saturated rings. The molecule has 2 aliphatic carbocycles. The predicted molar refractivity (Wildman–Crippen MR) is 212 cm³/mol. The number of carbonyl (C=O) groups excluding carboxylic acids is 4. The molecule has 0 aromatic heterocycles. The minimum atomic E-state index is -5.17. The number of hydrogen-bond acceptors (Lipinski definition) is 14. The number of hydrogen-bond donors (Lipinski definition) is 4. The van der Waals surface area contributed by atoms with E-state index in [2.05, 4.69) is 10.6 Å². The summed E-state index contributed by atoms with van der Waals surface area (Å²) in [7, 11) is -10.3. The van der Waals surface area contributed by atoms with E-state index < -0.39 is 64.5 Å². The van der Waals surface area contributed by atoms with Gasteiger partial charge in [0.05, 0.1) is 54.8 Å². The quantitative estimate of drug-likeness (QED) is 0.0935.